The Morgan fingerprint density at radius 3 is 2.53 bits per heavy atom. The molecule has 0 spiro atoms. The van der Waals surface area contributed by atoms with Crippen LogP contribution < -0.4 is 4.74 Å². The molecule has 2 rings (SSSR count). The Balaban J connectivity index is 1.67. The van der Waals surface area contributed by atoms with Crippen molar-refractivity contribution in [2.24, 2.45) is 0 Å². The van der Waals surface area contributed by atoms with Crippen molar-refractivity contribution in [3.8, 4) is 11.5 Å². The second kappa shape index (κ2) is 7.04. The first-order valence-electron chi connectivity index (χ1n) is 6.05. The number of phenolic OH excluding ortho intramolecular Hbond substituents is 1. The molecule has 0 bridgehead atoms. The van der Waals surface area contributed by atoms with Crippen molar-refractivity contribution in [3.05, 3.63) is 54.3 Å². The van der Waals surface area contributed by atoms with Crippen molar-refractivity contribution >= 4 is 11.8 Å². The Bertz CT molecular complexity index is 514. The molecule has 0 amide bonds. The van der Waals surface area contributed by atoms with Crippen LogP contribution in [0.3, 0.4) is 0 Å². The third-order valence-electron chi connectivity index (χ3n) is 2.49. The van der Waals surface area contributed by atoms with Gasteiger partial charge in [0.05, 0.1) is 6.61 Å². The van der Waals surface area contributed by atoms with Gasteiger partial charge < -0.3 is 9.84 Å². The van der Waals surface area contributed by atoms with Gasteiger partial charge in [-0.05, 0) is 42.8 Å². The van der Waals surface area contributed by atoms with Crippen LogP contribution in [0.4, 0.5) is 4.39 Å². The minimum absolute atomic E-state index is 0.262. The molecular weight excluding hydrogens is 263 g/mol. The van der Waals surface area contributed by atoms with E-state index in [0.29, 0.717) is 18.1 Å². The lowest BCUT2D eigenvalue weighted by Crippen LogP contribution is -1.98. The quantitative estimate of drug-likeness (QED) is 0.637. The number of benzene rings is 2. The highest BCUT2D eigenvalue weighted by Gasteiger charge is 2.00. The van der Waals surface area contributed by atoms with E-state index in [1.807, 2.05) is 12.1 Å². The van der Waals surface area contributed by atoms with E-state index in [2.05, 4.69) is 0 Å². The molecule has 100 valence electrons. The second-order valence-electron chi connectivity index (χ2n) is 3.97. The fourth-order valence-corrected chi connectivity index (χ4v) is 2.41. The molecule has 0 aromatic heterocycles. The summed E-state index contributed by atoms with van der Waals surface area (Å²) in [4.78, 5) is 0.879. The van der Waals surface area contributed by atoms with Crippen LogP contribution in [-0.4, -0.2) is 17.5 Å². The van der Waals surface area contributed by atoms with Gasteiger partial charge in [-0.2, -0.15) is 0 Å². The lowest BCUT2D eigenvalue weighted by molar-refractivity contribution is 0.318. The molecule has 0 atom stereocenters. The van der Waals surface area contributed by atoms with E-state index in [9.17, 15) is 9.50 Å². The minimum atomic E-state index is -0.262. The standard InChI is InChI=1S/C15H15FO2S/c16-12-6-8-13(9-7-12)18-10-3-11-19-15-5-2-1-4-14(15)17/h1-2,4-9,17H,3,10-11H2. The van der Waals surface area contributed by atoms with Gasteiger partial charge in [0.15, 0.2) is 0 Å². The number of phenols is 1. The average Bonchev–Trinajstić information content (AvgIpc) is 2.42. The highest BCUT2D eigenvalue weighted by Crippen LogP contribution is 2.27. The van der Waals surface area contributed by atoms with Crippen molar-refractivity contribution < 1.29 is 14.2 Å². The maximum atomic E-state index is 12.7. The summed E-state index contributed by atoms with van der Waals surface area (Å²) in [5, 5.41) is 9.58. The molecule has 0 unspecified atom stereocenters. The van der Waals surface area contributed by atoms with Crippen molar-refractivity contribution in [3.63, 3.8) is 0 Å². The Morgan fingerprint density at radius 1 is 1.05 bits per heavy atom. The highest BCUT2D eigenvalue weighted by atomic mass is 32.2. The first kappa shape index (κ1) is 13.7. The van der Waals surface area contributed by atoms with Gasteiger partial charge in [-0.1, -0.05) is 12.1 Å². The number of para-hydroxylation sites is 1. The van der Waals surface area contributed by atoms with Gasteiger partial charge >= 0.3 is 0 Å². The predicted octanol–water partition coefficient (Wildman–Crippen LogP) is 4.09. The maximum absolute atomic E-state index is 12.7. The number of thioether (sulfide) groups is 1. The Labute approximate surface area is 116 Å². The fraction of sp³-hybridized carbons (Fsp3) is 0.200. The van der Waals surface area contributed by atoms with Gasteiger partial charge in [0.1, 0.15) is 17.3 Å². The summed E-state index contributed by atoms with van der Waals surface area (Å²) in [5.74, 6) is 1.59. The molecule has 2 aromatic rings. The van der Waals surface area contributed by atoms with Crippen LogP contribution in [0.25, 0.3) is 0 Å². The van der Waals surface area contributed by atoms with Crippen molar-refractivity contribution in [1.82, 2.24) is 0 Å². The molecule has 0 radical (unpaired) electrons. The molecule has 0 fully saturated rings. The lowest BCUT2D eigenvalue weighted by atomic mass is 10.3. The van der Waals surface area contributed by atoms with Crippen molar-refractivity contribution in [2.75, 3.05) is 12.4 Å². The topological polar surface area (TPSA) is 29.5 Å². The molecule has 1 N–H and O–H groups in total. The van der Waals surface area contributed by atoms with Crippen LogP contribution in [0.5, 0.6) is 11.5 Å². The lowest BCUT2D eigenvalue weighted by Gasteiger charge is -2.06. The van der Waals surface area contributed by atoms with E-state index in [4.69, 9.17) is 4.74 Å². The third kappa shape index (κ3) is 4.48. The number of rotatable bonds is 6. The van der Waals surface area contributed by atoms with Crippen molar-refractivity contribution in [1.29, 1.82) is 0 Å². The zero-order valence-corrected chi connectivity index (χ0v) is 11.2. The van der Waals surface area contributed by atoms with Crippen molar-refractivity contribution in [2.45, 2.75) is 11.3 Å². The molecule has 0 aliphatic rings. The molecule has 0 saturated carbocycles. The first-order valence-corrected chi connectivity index (χ1v) is 7.03. The van der Waals surface area contributed by atoms with Crippen LogP contribution in [0.2, 0.25) is 0 Å². The zero-order valence-electron chi connectivity index (χ0n) is 10.4. The molecule has 0 aliphatic heterocycles. The second-order valence-corrected chi connectivity index (χ2v) is 5.11. The molecule has 2 aromatic carbocycles. The SMILES string of the molecule is Oc1ccccc1SCCCOc1ccc(F)cc1. The summed E-state index contributed by atoms with van der Waals surface area (Å²) in [6.07, 6.45) is 0.858. The van der Waals surface area contributed by atoms with Gasteiger partial charge in [-0.25, -0.2) is 4.39 Å². The molecule has 4 heteroatoms. The number of aromatic hydroxyl groups is 1. The van der Waals surface area contributed by atoms with Crippen LogP contribution in [0.1, 0.15) is 6.42 Å². The van der Waals surface area contributed by atoms with E-state index in [1.165, 1.54) is 12.1 Å². The molecule has 0 heterocycles. The van der Waals surface area contributed by atoms with E-state index in [0.717, 1.165) is 17.1 Å². The van der Waals surface area contributed by atoms with E-state index < -0.39 is 0 Å². The monoisotopic (exact) mass is 278 g/mol. The summed E-state index contributed by atoms with van der Waals surface area (Å²) in [6.45, 7) is 0.576. The smallest absolute Gasteiger partial charge is 0.129 e. The number of halogens is 1. The van der Waals surface area contributed by atoms with Gasteiger partial charge in [-0.3, -0.25) is 0 Å². The summed E-state index contributed by atoms with van der Waals surface area (Å²) in [7, 11) is 0. The summed E-state index contributed by atoms with van der Waals surface area (Å²) >= 11 is 1.59. The first-order chi connectivity index (χ1) is 9.25. The molecule has 0 saturated heterocycles. The third-order valence-corrected chi connectivity index (χ3v) is 3.64. The normalized spacial score (nSPS) is 10.4. The van der Waals surface area contributed by atoms with Crippen LogP contribution in [0.15, 0.2) is 53.4 Å². The van der Waals surface area contributed by atoms with Gasteiger partial charge in [0.25, 0.3) is 0 Å². The largest absolute Gasteiger partial charge is 0.507 e. The van der Waals surface area contributed by atoms with Gasteiger partial charge in [0.2, 0.25) is 0 Å². The summed E-state index contributed by atoms with van der Waals surface area (Å²) < 4.78 is 18.2. The van der Waals surface area contributed by atoms with Crippen LogP contribution in [-0.2, 0) is 0 Å². The Kier molecular flexibility index (Phi) is 5.10. The fourth-order valence-electron chi connectivity index (χ4n) is 1.54. The number of hydrogen-bond acceptors (Lipinski definition) is 3. The molecular formula is C15H15FO2S. The maximum Gasteiger partial charge on any atom is 0.129 e. The highest BCUT2D eigenvalue weighted by molar-refractivity contribution is 7.99. The minimum Gasteiger partial charge on any atom is -0.507 e. The van der Waals surface area contributed by atoms with E-state index in [1.54, 1.807) is 36.0 Å². The summed E-state index contributed by atoms with van der Waals surface area (Å²) in [5.41, 5.74) is 0. The Hall–Kier alpha value is -1.68. The summed E-state index contributed by atoms with van der Waals surface area (Å²) in [6, 6.07) is 13.3. The van der Waals surface area contributed by atoms with E-state index >= 15 is 0 Å². The van der Waals surface area contributed by atoms with Gasteiger partial charge in [0, 0.05) is 10.6 Å². The van der Waals surface area contributed by atoms with Gasteiger partial charge in [-0.15, -0.1) is 11.8 Å². The Morgan fingerprint density at radius 2 is 1.79 bits per heavy atom. The van der Waals surface area contributed by atoms with Crippen LogP contribution >= 0.6 is 11.8 Å². The predicted molar refractivity (Wildman–Crippen MR) is 75.3 cm³/mol. The molecule has 0 aliphatic carbocycles. The molecule has 2 nitrogen and oxygen atoms in total. The molecule has 19 heavy (non-hydrogen) atoms. The van der Waals surface area contributed by atoms with E-state index in [-0.39, 0.29) is 5.82 Å². The average molecular weight is 278 g/mol. The number of hydrogen-bond donors (Lipinski definition) is 1. The number of ether oxygens (including phenoxy) is 1. The zero-order chi connectivity index (χ0) is 13.5. The van der Waals surface area contributed by atoms with Crippen LogP contribution in [0, 0.1) is 5.82 Å².